The molecular formula is C15H21BrN2. The minimum atomic E-state index is 0.430. The molecule has 98 valence electrons. The maximum Gasteiger partial charge on any atom is 0.0309 e. The van der Waals surface area contributed by atoms with Gasteiger partial charge in [0.15, 0.2) is 0 Å². The lowest BCUT2D eigenvalue weighted by Crippen LogP contribution is -2.58. The van der Waals surface area contributed by atoms with E-state index in [0.717, 1.165) is 13.1 Å². The van der Waals surface area contributed by atoms with Crippen molar-refractivity contribution in [3.8, 4) is 0 Å². The maximum atomic E-state index is 3.77. The predicted molar refractivity (Wildman–Crippen MR) is 78.6 cm³/mol. The van der Waals surface area contributed by atoms with Crippen molar-refractivity contribution in [1.29, 1.82) is 0 Å². The fraction of sp³-hybridized carbons (Fsp3) is 0.600. The van der Waals surface area contributed by atoms with Crippen molar-refractivity contribution in [3.05, 3.63) is 34.3 Å². The van der Waals surface area contributed by atoms with Crippen LogP contribution in [0.15, 0.2) is 28.7 Å². The van der Waals surface area contributed by atoms with Crippen molar-refractivity contribution < 1.29 is 0 Å². The first kappa shape index (κ1) is 12.6. The number of hydrogen-bond acceptors (Lipinski definition) is 2. The Kier molecular flexibility index (Phi) is 3.73. The van der Waals surface area contributed by atoms with Crippen LogP contribution in [-0.4, -0.2) is 30.1 Å². The highest BCUT2D eigenvalue weighted by molar-refractivity contribution is 9.10. The van der Waals surface area contributed by atoms with Crippen LogP contribution in [0.25, 0.3) is 0 Å². The normalized spacial score (nSPS) is 23.6. The molecule has 1 aromatic rings. The second-order valence-corrected chi connectivity index (χ2v) is 6.57. The standard InChI is InChI=1S/C15H21BrN2/c16-14-6-2-1-5-13(14)11-18-10-9-17-15(12-18)7-3-4-8-15/h1-2,5-6,17H,3-4,7-12H2. The number of nitrogens with one attached hydrogen (secondary N) is 1. The van der Waals surface area contributed by atoms with Crippen LogP contribution in [0, 0.1) is 0 Å². The van der Waals surface area contributed by atoms with Crippen LogP contribution in [0.3, 0.4) is 0 Å². The largest absolute Gasteiger partial charge is 0.309 e. The summed E-state index contributed by atoms with van der Waals surface area (Å²) >= 11 is 3.66. The van der Waals surface area contributed by atoms with Gasteiger partial charge in [-0.15, -0.1) is 0 Å². The van der Waals surface area contributed by atoms with E-state index in [2.05, 4.69) is 50.4 Å². The number of hydrogen-bond donors (Lipinski definition) is 1. The summed E-state index contributed by atoms with van der Waals surface area (Å²) < 4.78 is 1.24. The fourth-order valence-corrected chi connectivity index (χ4v) is 3.84. The molecule has 1 aromatic carbocycles. The van der Waals surface area contributed by atoms with E-state index in [-0.39, 0.29) is 0 Å². The summed E-state index contributed by atoms with van der Waals surface area (Å²) in [5.41, 5.74) is 1.84. The summed E-state index contributed by atoms with van der Waals surface area (Å²) in [6, 6.07) is 8.59. The number of rotatable bonds is 2. The van der Waals surface area contributed by atoms with Gasteiger partial charge in [0.05, 0.1) is 0 Å². The highest BCUT2D eigenvalue weighted by atomic mass is 79.9. The lowest BCUT2D eigenvalue weighted by Gasteiger charge is -2.41. The van der Waals surface area contributed by atoms with E-state index in [9.17, 15) is 0 Å². The Hall–Kier alpha value is -0.380. The van der Waals surface area contributed by atoms with E-state index in [1.54, 1.807) is 0 Å². The molecule has 0 atom stereocenters. The monoisotopic (exact) mass is 308 g/mol. The molecule has 1 saturated heterocycles. The van der Waals surface area contributed by atoms with Crippen LogP contribution >= 0.6 is 15.9 Å². The summed E-state index contributed by atoms with van der Waals surface area (Å²) in [5.74, 6) is 0. The van der Waals surface area contributed by atoms with Gasteiger partial charge in [0.2, 0.25) is 0 Å². The quantitative estimate of drug-likeness (QED) is 0.903. The Labute approximate surface area is 118 Å². The van der Waals surface area contributed by atoms with Crippen molar-refractivity contribution in [2.75, 3.05) is 19.6 Å². The average molecular weight is 309 g/mol. The Morgan fingerprint density at radius 2 is 2.00 bits per heavy atom. The molecule has 0 unspecified atom stereocenters. The third-order valence-corrected chi connectivity index (χ3v) is 5.14. The van der Waals surface area contributed by atoms with Gasteiger partial charge in [-0.1, -0.05) is 47.0 Å². The molecule has 18 heavy (non-hydrogen) atoms. The Balaban J connectivity index is 1.68. The molecule has 1 aliphatic carbocycles. The van der Waals surface area contributed by atoms with Crippen LogP contribution in [0.1, 0.15) is 31.2 Å². The molecule has 1 aliphatic heterocycles. The molecule has 3 rings (SSSR count). The molecule has 1 N–H and O–H groups in total. The van der Waals surface area contributed by atoms with Gasteiger partial charge in [-0.3, -0.25) is 4.90 Å². The van der Waals surface area contributed by atoms with Crippen molar-refractivity contribution in [3.63, 3.8) is 0 Å². The van der Waals surface area contributed by atoms with Crippen molar-refractivity contribution in [2.24, 2.45) is 0 Å². The third-order valence-electron chi connectivity index (χ3n) is 4.37. The second kappa shape index (κ2) is 5.32. The molecule has 0 radical (unpaired) electrons. The number of piperazine rings is 1. The van der Waals surface area contributed by atoms with Gasteiger partial charge in [-0.25, -0.2) is 0 Å². The van der Waals surface area contributed by atoms with Gasteiger partial charge in [0.25, 0.3) is 0 Å². The van der Waals surface area contributed by atoms with Crippen molar-refractivity contribution in [1.82, 2.24) is 10.2 Å². The average Bonchev–Trinajstić information content (AvgIpc) is 2.80. The molecule has 2 nitrogen and oxygen atoms in total. The lowest BCUT2D eigenvalue weighted by molar-refractivity contribution is 0.128. The lowest BCUT2D eigenvalue weighted by atomic mass is 9.94. The van der Waals surface area contributed by atoms with E-state index in [0.29, 0.717) is 5.54 Å². The van der Waals surface area contributed by atoms with Gasteiger partial charge in [-0.2, -0.15) is 0 Å². The molecule has 2 aliphatic rings. The minimum Gasteiger partial charge on any atom is -0.309 e. The minimum absolute atomic E-state index is 0.430. The van der Waals surface area contributed by atoms with Crippen LogP contribution in [0.5, 0.6) is 0 Å². The third kappa shape index (κ3) is 2.63. The van der Waals surface area contributed by atoms with E-state index in [4.69, 9.17) is 0 Å². The summed E-state index contributed by atoms with van der Waals surface area (Å²) in [7, 11) is 0. The summed E-state index contributed by atoms with van der Waals surface area (Å²) in [4.78, 5) is 2.61. The molecule has 0 bridgehead atoms. The zero-order valence-corrected chi connectivity index (χ0v) is 12.4. The Morgan fingerprint density at radius 1 is 1.22 bits per heavy atom. The number of benzene rings is 1. The summed E-state index contributed by atoms with van der Waals surface area (Å²) in [5, 5.41) is 3.77. The summed E-state index contributed by atoms with van der Waals surface area (Å²) in [6.07, 6.45) is 5.52. The molecular weight excluding hydrogens is 288 g/mol. The Morgan fingerprint density at radius 3 is 2.78 bits per heavy atom. The van der Waals surface area contributed by atoms with E-state index in [1.807, 2.05) is 0 Å². The zero-order valence-electron chi connectivity index (χ0n) is 10.8. The van der Waals surface area contributed by atoms with Gasteiger partial charge in [0.1, 0.15) is 0 Å². The van der Waals surface area contributed by atoms with Crippen LogP contribution in [-0.2, 0) is 6.54 Å². The van der Waals surface area contributed by atoms with E-state index < -0.39 is 0 Å². The first-order chi connectivity index (χ1) is 8.77. The first-order valence-electron chi connectivity index (χ1n) is 6.98. The fourth-order valence-electron chi connectivity index (χ4n) is 3.43. The van der Waals surface area contributed by atoms with Crippen LogP contribution < -0.4 is 5.32 Å². The first-order valence-corrected chi connectivity index (χ1v) is 7.78. The molecule has 1 saturated carbocycles. The highest BCUT2D eigenvalue weighted by Crippen LogP contribution is 2.32. The highest BCUT2D eigenvalue weighted by Gasteiger charge is 2.37. The maximum absolute atomic E-state index is 3.77. The van der Waals surface area contributed by atoms with Crippen molar-refractivity contribution in [2.45, 2.75) is 37.8 Å². The predicted octanol–water partition coefficient (Wildman–Crippen LogP) is 3.17. The number of nitrogens with zero attached hydrogens (tertiary/aromatic N) is 1. The number of halogens is 1. The van der Waals surface area contributed by atoms with Gasteiger partial charge in [-0.05, 0) is 24.5 Å². The molecule has 0 aromatic heterocycles. The molecule has 3 heteroatoms. The zero-order chi connectivity index (χ0) is 12.4. The van der Waals surface area contributed by atoms with Gasteiger partial charge < -0.3 is 5.32 Å². The van der Waals surface area contributed by atoms with E-state index in [1.165, 1.54) is 48.8 Å². The molecule has 1 heterocycles. The topological polar surface area (TPSA) is 15.3 Å². The molecule has 0 amide bonds. The van der Waals surface area contributed by atoms with Gasteiger partial charge in [0, 0.05) is 36.2 Å². The summed E-state index contributed by atoms with van der Waals surface area (Å²) in [6.45, 7) is 4.60. The second-order valence-electron chi connectivity index (χ2n) is 5.72. The molecule has 1 spiro atoms. The van der Waals surface area contributed by atoms with Crippen molar-refractivity contribution >= 4 is 15.9 Å². The molecule has 2 fully saturated rings. The SMILES string of the molecule is Brc1ccccc1CN1CCNC2(CCCC2)C1. The Bertz CT molecular complexity index is 413. The smallest absolute Gasteiger partial charge is 0.0309 e. The van der Waals surface area contributed by atoms with E-state index >= 15 is 0 Å². The van der Waals surface area contributed by atoms with Gasteiger partial charge >= 0.3 is 0 Å². The van der Waals surface area contributed by atoms with Crippen LogP contribution in [0.4, 0.5) is 0 Å². The van der Waals surface area contributed by atoms with Crippen LogP contribution in [0.2, 0.25) is 0 Å².